The SMILES string of the molecule is COC(=O)CC[C@H](NC(=O)c1ccnn1C)C(=O)O. The van der Waals surface area contributed by atoms with Crippen LogP contribution < -0.4 is 5.32 Å². The second-order valence-corrected chi connectivity index (χ2v) is 3.82. The lowest BCUT2D eigenvalue weighted by molar-refractivity contribution is -0.142. The van der Waals surface area contributed by atoms with Gasteiger partial charge in [0, 0.05) is 19.7 Å². The topological polar surface area (TPSA) is 111 Å². The monoisotopic (exact) mass is 269 g/mol. The van der Waals surface area contributed by atoms with Crippen molar-refractivity contribution in [3.63, 3.8) is 0 Å². The number of aliphatic carboxylic acids is 1. The number of carbonyl (C=O) groups is 3. The molecule has 0 unspecified atom stereocenters. The zero-order chi connectivity index (χ0) is 14.4. The second-order valence-electron chi connectivity index (χ2n) is 3.82. The molecule has 8 heteroatoms. The molecule has 0 aliphatic heterocycles. The molecular weight excluding hydrogens is 254 g/mol. The predicted molar refractivity (Wildman–Crippen MR) is 63.3 cm³/mol. The molecule has 0 saturated carbocycles. The van der Waals surface area contributed by atoms with Crippen LogP contribution in [0.4, 0.5) is 0 Å². The van der Waals surface area contributed by atoms with Crippen molar-refractivity contribution < 1.29 is 24.2 Å². The van der Waals surface area contributed by atoms with Gasteiger partial charge in [0.15, 0.2) is 0 Å². The van der Waals surface area contributed by atoms with E-state index in [-0.39, 0.29) is 18.5 Å². The quantitative estimate of drug-likeness (QED) is 0.677. The third-order valence-electron chi connectivity index (χ3n) is 2.52. The molecule has 2 N–H and O–H groups in total. The van der Waals surface area contributed by atoms with Crippen molar-refractivity contribution in [2.45, 2.75) is 18.9 Å². The van der Waals surface area contributed by atoms with Gasteiger partial charge in [0.25, 0.3) is 5.91 Å². The van der Waals surface area contributed by atoms with Crippen LogP contribution in [-0.4, -0.2) is 45.9 Å². The maximum Gasteiger partial charge on any atom is 0.326 e. The number of ether oxygens (including phenoxy) is 1. The van der Waals surface area contributed by atoms with E-state index < -0.39 is 23.9 Å². The first-order valence-corrected chi connectivity index (χ1v) is 5.54. The molecule has 8 nitrogen and oxygen atoms in total. The minimum absolute atomic E-state index is 0.0361. The van der Waals surface area contributed by atoms with Crippen LogP contribution in [0, 0.1) is 0 Å². The highest BCUT2D eigenvalue weighted by molar-refractivity contribution is 5.95. The number of hydrogen-bond acceptors (Lipinski definition) is 5. The van der Waals surface area contributed by atoms with Gasteiger partial charge in [-0.1, -0.05) is 0 Å². The van der Waals surface area contributed by atoms with E-state index in [0.717, 1.165) is 0 Å². The number of rotatable bonds is 6. The van der Waals surface area contributed by atoms with Crippen LogP contribution in [0.3, 0.4) is 0 Å². The van der Waals surface area contributed by atoms with Crippen LogP contribution in [0.5, 0.6) is 0 Å². The molecule has 1 heterocycles. The lowest BCUT2D eigenvalue weighted by Crippen LogP contribution is -2.41. The number of nitrogens with one attached hydrogen (secondary N) is 1. The number of carboxylic acids is 1. The maximum absolute atomic E-state index is 11.8. The van der Waals surface area contributed by atoms with Crippen LogP contribution in [0.2, 0.25) is 0 Å². The van der Waals surface area contributed by atoms with Crippen LogP contribution in [0.15, 0.2) is 12.3 Å². The van der Waals surface area contributed by atoms with Crippen molar-refractivity contribution in [3.05, 3.63) is 18.0 Å². The molecule has 1 aromatic rings. The lowest BCUT2D eigenvalue weighted by atomic mass is 10.1. The highest BCUT2D eigenvalue weighted by Crippen LogP contribution is 2.03. The first-order chi connectivity index (χ1) is 8.95. The maximum atomic E-state index is 11.8. The molecule has 0 fully saturated rings. The van der Waals surface area contributed by atoms with E-state index in [0.29, 0.717) is 0 Å². The summed E-state index contributed by atoms with van der Waals surface area (Å²) >= 11 is 0. The van der Waals surface area contributed by atoms with E-state index in [1.54, 1.807) is 7.05 Å². The summed E-state index contributed by atoms with van der Waals surface area (Å²) in [5, 5.41) is 15.1. The number of aryl methyl sites for hydroxylation is 1. The molecule has 0 spiro atoms. The van der Waals surface area contributed by atoms with Gasteiger partial charge in [-0.2, -0.15) is 5.10 Å². The second kappa shape index (κ2) is 6.53. The summed E-state index contributed by atoms with van der Waals surface area (Å²) in [7, 11) is 2.78. The van der Waals surface area contributed by atoms with E-state index in [9.17, 15) is 14.4 Å². The Kier molecular flexibility index (Phi) is 5.04. The summed E-state index contributed by atoms with van der Waals surface area (Å²) < 4.78 is 5.75. The van der Waals surface area contributed by atoms with Gasteiger partial charge in [-0.25, -0.2) is 4.79 Å². The Labute approximate surface area is 109 Å². The normalized spacial score (nSPS) is 11.7. The van der Waals surface area contributed by atoms with Gasteiger partial charge in [-0.3, -0.25) is 14.3 Å². The van der Waals surface area contributed by atoms with Crippen molar-refractivity contribution in [1.29, 1.82) is 0 Å². The number of aromatic nitrogens is 2. The molecule has 1 atom stereocenters. The summed E-state index contributed by atoms with van der Waals surface area (Å²) in [5.41, 5.74) is 0.240. The third-order valence-corrected chi connectivity index (χ3v) is 2.52. The Morgan fingerprint density at radius 3 is 2.68 bits per heavy atom. The van der Waals surface area contributed by atoms with Gasteiger partial charge >= 0.3 is 11.9 Å². The van der Waals surface area contributed by atoms with Crippen molar-refractivity contribution >= 4 is 17.8 Å². The molecule has 0 aliphatic carbocycles. The molecule has 0 radical (unpaired) electrons. The highest BCUT2D eigenvalue weighted by Gasteiger charge is 2.22. The van der Waals surface area contributed by atoms with Crippen molar-refractivity contribution in [2.24, 2.45) is 7.05 Å². The molecule has 104 valence electrons. The molecule has 1 aromatic heterocycles. The van der Waals surface area contributed by atoms with Crippen LogP contribution in [-0.2, 0) is 21.4 Å². The highest BCUT2D eigenvalue weighted by atomic mass is 16.5. The molecule has 0 aliphatic rings. The van der Waals surface area contributed by atoms with E-state index in [2.05, 4.69) is 15.2 Å². The fourth-order valence-corrected chi connectivity index (χ4v) is 1.45. The van der Waals surface area contributed by atoms with Gasteiger partial charge in [0.2, 0.25) is 0 Å². The van der Waals surface area contributed by atoms with Gasteiger partial charge < -0.3 is 15.2 Å². The Morgan fingerprint density at radius 2 is 2.21 bits per heavy atom. The van der Waals surface area contributed by atoms with Crippen LogP contribution in [0.25, 0.3) is 0 Å². The number of carboxylic acid groups (broad SMARTS) is 1. The van der Waals surface area contributed by atoms with Gasteiger partial charge in [-0.05, 0) is 12.5 Å². The average molecular weight is 269 g/mol. The van der Waals surface area contributed by atoms with Crippen molar-refractivity contribution in [1.82, 2.24) is 15.1 Å². The van der Waals surface area contributed by atoms with Crippen molar-refractivity contribution in [2.75, 3.05) is 7.11 Å². The minimum Gasteiger partial charge on any atom is -0.480 e. The van der Waals surface area contributed by atoms with Crippen LogP contribution >= 0.6 is 0 Å². The summed E-state index contributed by atoms with van der Waals surface area (Å²) in [6.45, 7) is 0. The molecule has 0 aromatic carbocycles. The van der Waals surface area contributed by atoms with Gasteiger partial charge in [0.1, 0.15) is 11.7 Å². The number of carbonyl (C=O) groups excluding carboxylic acids is 2. The summed E-state index contributed by atoms with van der Waals surface area (Å²) in [6, 6.07) is 0.315. The zero-order valence-electron chi connectivity index (χ0n) is 10.6. The number of methoxy groups -OCH3 is 1. The average Bonchev–Trinajstić information content (AvgIpc) is 2.79. The largest absolute Gasteiger partial charge is 0.480 e. The number of hydrogen-bond donors (Lipinski definition) is 2. The van der Waals surface area contributed by atoms with E-state index in [1.165, 1.54) is 24.1 Å². The molecule has 19 heavy (non-hydrogen) atoms. The van der Waals surface area contributed by atoms with Gasteiger partial charge in [0.05, 0.1) is 7.11 Å². The summed E-state index contributed by atoms with van der Waals surface area (Å²) in [6.07, 6.45) is 1.31. The third kappa shape index (κ3) is 4.09. The fourth-order valence-electron chi connectivity index (χ4n) is 1.45. The lowest BCUT2D eigenvalue weighted by Gasteiger charge is -2.13. The first kappa shape index (κ1) is 14.7. The molecular formula is C11H15N3O5. The molecule has 0 bridgehead atoms. The Bertz CT molecular complexity index is 482. The zero-order valence-corrected chi connectivity index (χ0v) is 10.6. The van der Waals surface area contributed by atoms with Crippen LogP contribution in [0.1, 0.15) is 23.3 Å². The van der Waals surface area contributed by atoms with Crippen molar-refractivity contribution in [3.8, 4) is 0 Å². The first-order valence-electron chi connectivity index (χ1n) is 5.54. The smallest absolute Gasteiger partial charge is 0.326 e. The van der Waals surface area contributed by atoms with E-state index >= 15 is 0 Å². The Morgan fingerprint density at radius 1 is 1.53 bits per heavy atom. The molecule has 1 rings (SSSR count). The Hall–Kier alpha value is -2.38. The molecule has 0 saturated heterocycles. The predicted octanol–water partition coefficient (Wildman–Crippen LogP) is -0.444. The van der Waals surface area contributed by atoms with Gasteiger partial charge in [-0.15, -0.1) is 0 Å². The summed E-state index contributed by atoms with van der Waals surface area (Å²) in [5.74, 6) is -2.29. The number of nitrogens with zero attached hydrogens (tertiary/aromatic N) is 2. The fraction of sp³-hybridized carbons (Fsp3) is 0.455. The summed E-state index contributed by atoms with van der Waals surface area (Å²) in [4.78, 5) is 33.8. The Balaban J connectivity index is 2.64. The van der Waals surface area contributed by atoms with E-state index in [1.807, 2.05) is 0 Å². The number of esters is 1. The van der Waals surface area contributed by atoms with E-state index in [4.69, 9.17) is 5.11 Å². The standard InChI is InChI=1S/C11H15N3O5/c1-14-8(5-6-12-14)10(16)13-7(11(17)18)3-4-9(15)19-2/h5-7H,3-4H2,1-2H3,(H,13,16)(H,17,18)/t7-/m0/s1. The number of amides is 1. The molecule has 1 amide bonds. The minimum atomic E-state index is -1.21.